The van der Waals surface area contributed by atoms with Crippen LogP contribution in [0, 0.1) is 5.92 Å². The summed E-state index contributed by atoms with van der Waals surface area (Å²) >= 11 is 5.54. The summed E-state index contributed by atoms with van der Waals surface area (Å²) in [5.74, 6) is 0.448. The Morgan fingerprint density at radius 2 is 2.20 bits per heavy atom. The first kappa shape index (κ1) is 10.8. The molecular weight excluding hydrogens is 224 g/mol. The van der Waals surface area contributed by atoms with Crippen molar-refractivity contribution in [3.05, 3.63) is 11.4 Å². The van der Waals surface area contributed by atoms with E-state index >= 15 is 0 Å². The molecule has 1 aromatic rings. The van der Waals surface area contributed by atoms with Crippen molar-refractivity contribution in [1.82, 2.24) is 15.0 Å². The molecule has 84 valence electrons. The fourth-order valence-corrected chi connectivity index (χ4v) is 1.92. The molecule has 1 aliphatic rings. The van der Waals surface area contributed by atoms with Gasteiger partial charge in [-0.05, 0) is 25.7 Å². The minimum Gasteiger partial charge on any atom is -0.240 e. The van der Waals surface area contributed by atoms with Crippen LogP contribution in [-0.2, 0) is 5.88 Å². The van der Waals surface area contributed by atoms with Gasteiger partial charge in [0.1, 0.15) is 11.4 Å². The molecule has 1 saturated carbocycles. The number of hydrogen-bond acceptors (Lipinski definition) is 2. The van der Waals surface area contributed by atoms with Gasteiger partial charge in [-0.1, -0.05) is 5.21 Å². The van der Waals surface area contributed by atoms with E-state index in [1.54, 1.807) is 0 Å². The lowest BCUT2D eigenvalue weighted by molar-refractivity contribution is 0.134. The average Bonchev–Trinajstić information content (AvgIpc) is 2.95. The molecule has 0 amide bonds. The van der Waals surface area contributed by atoms with E-state index in [2.05, 4.69) is 10.3 Å². The van der Waals surface area contributed by atoms with Gasteiger partial charge in [0.2, 0.25) is 0 Å². The lowest BCUT2D eigenvalue weighted by atomic mass is 10.2. The van der Waals surface area contributed by atoms with Crippen LogP contribution in [0.3, 0.4) is 0 Å². The fourth-order valence-electron chi connectivity index (χ4n) is 1.73. The second-order valence-corrected chi connectivity index (χ2v) is 4.15. The highest BCUT2D eigenvalue weighted by Gasteiger charge is 2.33. The maximum atomic E-state index is 12.8. The normalized spacial score (nSPS) is 18.5. The number of alkyl halides is 3. The van der Waals surface area contributed by atoms with Crippen LogP contribution in [0.2, 0.25) is 0 Å². The van der Waals surface area contributed by atoms with Gasteiger partial charge in [-0.2, -0.15) is 0 Å². The molecule has 1 atom stereocenters. The monoisotopic (exact) mass is 235 g/mol. The van der Waals surface area contributed by atoms with Crippen LogP contribution in [0.25, 0.3) is 0 Å². The molecule has 1 unspecified atom stereocenters. The van der Waals surface area contributed by atoms with E-state index in [1.807, 2.05) is 6.92 Å². The molecule has 0 aromatic carbocycles. The van der Waals surface area contributed by atoms with E-state index in [0.717, 1.165) is 12.8 Å². The Bertz CT molecular complexity index is 349. The molecule has 0 aliphatic heterocycles. The van der Waals surface area contributed by atoms with Gasteiger partial charge in [0.15, 0.2) is 0 Å². The Labute approximate surface area is 91.4 Å². The van der Waals surface area contributed by atoms with Gasteiger partial charge in [-0.3, -0.25) is 0 Å². The predicted octanol–water partition coefficient (Wildman–Crippen LogP) is 2.93. The zero-order valence-corrected chi connectivity index (χ0v) is 9.08. The van der Waals surface area contributed by atoms with Gasteiger partial charge < -0.3 is 0 Å². The summed E-state index contributed by atoms with van der Waals surface area (Å²) in [6.07, 6.45) is -0.394. The van der Waals surface area contributed by atoms with Crippen LogP contribution in [-0.4, -0.2) is 15.0 Å². The molecule has 0 N–H and O–H groups in total. The molecule has 0 radical (unpaired) electrons. The Balaban J connectivity index is 2.32. The number of rotatable bonds is 4. The van der Waals surface area contributed by atoms with E-state index in [1.165, 1.54) is 4.68 Å². The quantitative estimate of drug-likeness (QED) is 0.752. The van der Waals surface area contributed by atoms with Gasteiger partial charge in [0.05, 0.1) is 11.9 Å². The summed E-state index contributed by atoms with van der Waals surface area (Å²) in [5, 5.41) is 7.46. The summed E-state index contributed by atoms with van der Waals surface area (Å²) in [7, 11) is 0. The third-order valence-corrected chi connectivity index (χ3v) is 3.08. The van der Waals surface area contributed by atoms with Crippen molar-refractivity contribution in [3.8, 4) is 0 Å². The number of halogens is 3. The zero-order chi connectivity index (χ0) is 11.0. The first-order valence-electron chi connectivity index (χ1n) is 4.93. The van der Waals surface area contributed by atoms with Crippen LogP contribution in [0.5, 0.6) is 0 Å². The van der Waals surface area contributed by atoms with Crippen LogP contribution in [0.4, 0.5) is 8.78 Å². The molecular formula is C9H12ClF2N3. The average molecular weight is 236 g/mol. The summed E-state index contributed by atoms with van der Waals surface area (Å²) in [6, 6.07) is -0.00142. The van der Waals surface area contributed by atoms with Crippen molar-refractivity contribution in [1.29, 1.82) is 0 Å². The third-order valence-electron chi connectivity index (χ3n) is 2.83. The molecule has 1 aromatic heterocycles. The molecule has 15 heavy (non-hydrogen) atoms. The van der Waals surface area contributed by atoms with Gasteiger partial charge in [-0.15, -0.1) is 16.7 Å². The van der Waals surface area contributed by atoms with Crippen molar-refractivity contribution in [3.63, 3.8) is 0 Å². The Morgan fingerprint density at radius 1 is 1.53 bits per heavy atom. The maximum absolute atomic E-state index is 12.8. The van der Waals surface area contributed by atoms with Gasteiger partial charge in [0, 0.05) is 0 Å². The summed E-state index contributed by atoms with van der Waals surface area (Å²) in [5.41, 5.74) is 0.0727. The second-order valence-electron chi connectivity index (χ2n) is 3.88. The first-order valence-corrected chi connectivity index (χ1v) is 5.46. The fraction of sp³-hybridized carbons (Fsp3) is 0.778. The van der Waals surface area contributed by atoms with Gasteiger partial charge >= 0.3 is 0 Å². The van der Waals surface area contributed by atoms with Gasteiger partial charge in [0.25, 0.3) is 6.43 Å². The SMILES string of the molecule is CC(C1CC1)n1nnc(CCl)c1C(F)F. The van der Waals surface area contributed by atoms with Crippen molar-refractivity contribution in [2.24, 2.45) is 5.92 Å². The Morgan fingerprint density at radius 3 is 2.67 bits per heavy atom. The molecule has 0 bridgehead atoms. The highest BCUT2D eigenvalue weighted by atomic mass is 35.5. The number of nitrogens with zero attached hydrogens (tertiary/aromatic N) is 3. The van der Waals surface area contributed by atoms with Crippen molar-refractivity contribution in [2.75, 3.05) is 0 Å². The van der Waals surface area contributed by atoms with Crippen LogP contribution >= 0.6 is 11.6 Å². The summed E-state index contributed by atoms with van der Waals surface area (Å²) < 4.78 is 26.9. The van der Waals surface area contributed by atoms with Crippen molar-refractivity contribution >= 4 is 11.6 Å². The number of aromatic nitrogens is 3. The summed E-state index contributed by atoms with van der Waals surface area (Å²) in [4.78, 5) is 0. The standard InChI is InChI=1S/C9H12ClF2N3/c1-5(6-2-3-6)15-8(9(11)12)7(4-10)13-14-15/h5-6,9H,2-4H2,1H3. The molecule has 1 heterocycles. The molecule has 6 heteroatoms. The largest absolute Gasteiger partial charge is 0.281 e. The summed E-state index contributed by atoms with van der Waals surface area (Å²) in [6.45, 7) is 1.90. The van der Waals surface area contributed by atoms with E-state index < -0.39 is 6.43 Å². The molecule has 0 spiro atoms. The highest BCUT2D eigenvalue weighted by Crippen LogP contribution is 2.40. The molecule has 2 rings (SSSR count). The van der Waals surface area contributed by atoms with Crippen molar-refractivity contribution in [2.45, 2.75) is 38.1 Å². The van der Waals surface area contributed by atoms with Crippen LogP contribution in [0.1, 0.15) is 43.6 Å². The van der Waals surface area contributed by atoms with Crippen LogP contribution in [0.15, 0.2) is 0 Å². The second kappa shape index (κ2) is 4.04. The molecule has 1 fully saturated rings. The van der Waals surface area contributed by atoms with E-state index in [-0.39, 0.29) is 23.3 Å². The molecule has 3 nitrogen and oxygen atoms in total. The topological polar surface area (TPSA) is 30.7 Å². The molecule has 0 saturated heterocycles. The lowest BCUT2D eigenvalue weighted by Gasteiger charge is -2.13. The minimum absolute atomic E-state index is 0.00142. The van der Waals surface area contributed by atoms with Crippen molar-refractivity contribution < 1.29 is 8.78 Å². The maximum Gasteiger partial charge on any atom is 0.281 e. The van der Waals surface area contributed by atoms with Crippen LogP contribution < -0.4 is 0 Å². The predicted molar refractivity (Wildman–Crippen MR) is 52.0 cm³/mol. The minimum atomic E-state index is -2.56. The first-order chi connectivity index (χ1) is 7.15. The van der Waals surface area contributed by atoms with E-state index in [9.17, 15) is 8.78 Å². The third kappa shape index (κ3) is 1.97. The Hall–Kier alpha value is -0.710. The molecule has 1 aliphatic carbocycles. The Kier molecular flexibility index (Phi) is 2.91. The zero-order valence-electron chi connectivity index (χ0n) is 8.33. The van der Waals surface area contributed by atoms with Gasteiger partial charge in [-0.25, -0.2) is 13.5 Å². The highest BCUT2D eigenvalue weighted by molar-refractivity contribution is 6.16. The lowest BCUT2D eigenvalue weighted by Crippen LogP contribution is -2.13. The van der Waals surface area contributed by atoms with E-state index in [0.29, 0.717) is 5.92 Å². The van der Waals surface area contributed by atoms with E-state index in [4.69, 9.17) is 11.6 Å². The number of hydrogen-bond donors (Lipinski definition) is 0. The smallest absolute Gasteiger partial charge is 0.240 e.